The van der Waals surface area contributed by atoms with Crippen molar-refractivity contribution in [3.63, 3.8) is 0 Å². The van der Waals surface area contributed by atoms with Crippen molar-refractivity contribution < 1.29 is 9.90 Å². The molecule has 1 atom stereocenters. The van der Waals surface area contributed by atoms with Crippen LogP contribution in [0, 0.1) is 5.92 Å². The van der Waals surface area contributed by atoms with Crippen LogP contribution in [0.3, 0.4) is 0 Å². The summed E-state index contributed by atoms with van der Waals surface area (Å²) in [6.07, 6.45) is 9.18. The second-order valence-electron chi connectivity index (χ2n) is 6.47. The lowest BCUT2D eigenvalue weighted by Gasteiger charge is -2.19. The van der Waals surface area contributed by atoms with Crippen LogP contribution in [0.1, 0.15) is 73.5 Å². The van der Waals surface area contributed by atoms with E-state index in [-0.39, 0.29) is 18.6 Å². The van der Waals surface area contributed by atoms with Gasteiger partial charge in [0.1, 0.15) is 5.69 Å². The van der Waals surface area contributed by atoms with Crippen molar-refractivity contribution >= 4 is 5.91 Å². The molecule has 1 aromatic heterocycles. The van der Waals surface area contributed by atoms with Crippen LogP contribution in [-0.2, 0) is 0 Å². The number of amides is 1. The summed E-state index contributed by atoms with van der Waals surface area (Å²) in [6.45, 7) is 0.120. The van der Waals surface area contributed by atoms with Gasteiger partial charge in [-0.15, -0.1) is 0 Å². The zero-order valence-electron chi connectivity index (χ0n) is 12.5. The number of rotatable bonds is 6. The molecule has 116 valence electrons. The second-order valence-corrected chi connectivity index (χ2v) is 6.47. The van der Waals surface area contributed by atoms with Gasteiger partial charge in [0.05, 0.1) is 0 Å². The van der Waals surface area contributed by atoms with E-state index < -0.39 is 0 Å². The number of aliphatic hydroxyl groups is 1. The molecule has 3 rings (SSSR count). The summed E-state index contributed by atoms with van der Waals surface area (Å²) in [7, 11) is 0. The molecule has 3 N–H and O–H groups in total. The molecule has 1 aromatic rings. The van der Waals surface area contributed by atoms with Crippen LogP contribution in [0.2, 0.25) is 0 Å². The number of aliphatic hydroxyl groups excluding tert-OH is 1. The Morgan fingerprint density at radius 2 is 2.10 bits per heavy atom. The number of nitrogens with zero attached hydrogens (tertiary/aromatic N) is 1. The van der Waals surface area contributed by atoms with Crippen molar-refractivity contribution in [3.05, 3.63) is 17.5 Å². The van der Waals surface area contributed by atoms with Crippen LogP contribution >= 0.6 is 0 Å². The summed E-state index contributed by atoms with van der Waals surface area (Å²) in [5.74, 6) is 0.959. The van der Waals surface area contributed by atoms with Gasteiger partial charge in [0.2, 0.25) is 0 Å². The Kier molecular flexibility index (Phi) is 4.58. The maximum atomic E-state index is 12.3. The van der Waals surface area contributed by atoms with E-state index in [9.17, 15) is 4.79 Å². The normalized spacial score (nSPS) is 21.2. The van der Waals surface area contributed by atoms with Crippen LogP contribution in [0.15, 0.2) is 6.07 Å². The third-order valence-corrected chi connectivity index (χ3v) is 4.82. The summed E-state index contributed by atoms with van der Waals surface area (Å²) < 4.78 is 0. The Labute approximate surface area is 125 Å². The van der Waals surface area contributed by atoms with Crippen molar-refractivity contribution in [3.8, 4) is 0 Å². The summed E-state index contributed by atoms with van der Waals surface area (Å²) in [6, 6.07) is 2.01. The Morgan fingerprint density at radius 3 is 2.76 bits per heavy atom. The number of H-pyrrole nitrogens is 1. The van der Waals surface area contributed by atoms with E-state index >= 15 is 0 Å². The average molecular weight is 291 g/mol. The SMILES string of the molecule is O=C(NC(CCO)C1CC1)c1cc(C2CCCCC2)[nH]n1. The number of hydrogen-bond acceptors (Lipinski definition) is 3. The van der Waals surface area contributed by atoms with Gasteiger partial charge in [-0.3, -0.25) is 9.89 Å². The molecule has 2 saturated carbocycles. The van der Waals surface area contributed by atoms with Crippen molar-refractivity contribution in [1.29, 1.82) is 0 Å². The lowest BCUT2D eigenvalue weighted by Crippen LogP contribution is -2.37. The average Bonchev–Trinajstić information content (AvgIpc) is 3.24. The van der Waals surface area contributed by atoms with Crippen LogP contribution < -0.4 is 5.32 Å². The Hall–Kier alpha value is -1.36. The van der Waals surface area contributed by atoms with E-state index in [1.165, 1.54) is 32.1 Å². The molecule has 5 nitrogen and oxygen atoms in total. The van der Waals surface area contributed by atoms with Crippen LogP contribution in [0.4, 0.5) is 0 Å². The van der Waals surface area contributed by atoms with Gasteiger partial charge >= 0.3 is 0 Å². The molecule has 1 amide bonds. The van der Waals surface area contributed by atoms with E-state index in [0.717, 1.165) is 18.5 Å². The summed E-state index contributed by atoms with van der Waals surface area (Å²) in [4.78, 5) is 12.3. The van der Waals surface area contributed by atoms with Crippen molar-refractivity contribution in [1.82, 2.24) is 15.5 Å². The molecule has 1 unspecified atom stereocenters. The topological polar surface area (TPSA) is 78.0 Å². The predicted molar refractivity (Wildman–Crippen MR) is 80.1 cm³/mol. The first kappa shape index (κ1) is 14.6. The highest BCUT2D eigenvalue weighted by Gasteiger charge is 2.32. The van der Waals surface area contributed by atoms with E-state index in [0.29, 0.717) is 24.0 Å². The number of aromatic nitrogens is 2. The van der Waals surface area contributed by atoms with Gasteiger partial charge in [0.25, 0.3) is 5.91 Å². The zero-order chi connectivity index (χ0) is 14.7. The number of carbonyl (C=O) groups excluding carboxylic acids is 1. The molecule has 0 bridgehead atoms. The molecule has 2 aliphatic carbocycles. The molecule has 0 aliphatic heterocycles. The lowest BCUT2D eigenvalue weighted by molar-refractivity contribution is 0.0919. The fraction of sp³-hybridized carbons (Fsp3) is 0.750. The van der Waals surface area contributed by atoms with Gasteiger partial charge in [-0.25, -0.2) is 0 Å². The molecule has 21 heavy (non-hydrogen) atoms. The van der Waals surface area contributed by atoms with Gasteiger partial charge in [0, 0.05) is 24.3 Å². The Morgan fingerprint density at radius 1 is 1.33 bits per heavy atom. The first-order chi connectivity index (χ1) is 10.3. The minimum Gasteiger partial charge on any atom is -0.396 e. The first-order valence-corrected chi connectivity index (χ1v) is 8.25. The lowest BCUT2D eigenvalue weighted by atomic mass is 9.87. The number of aromatic amines is 1. The van der Waals surface area contributed by atoms with E-state index in [4.69, 9.17) is 5.11 Å². The standard InChI is InChI=1S/C16H25N3O2/c20-9-8-13(12-6-7-12)17-16(21)15-10-14(18-19-15)11-4-2-1-3-5-11/h10-13,20H,1-9H2,(H,17,21)(H,18,19). The fourth-order valence-electron chi connectivity index (χ4n) is 3.38. The summed E-state index contributed by atoms with van der Waals surface area (Å²) >= 11 is 0. The van der Waals surface area contributed by atoms with Crippen LogP contribution in [-0.4, -0.2) is 33.9 Å². The van der Waals surface area contributed by atoms with Gasteiger partial charge in [-0.05, 0) is 44.1 Å². The van der Waals surface area contributed by atoms with E-state index in [1.54, 1.807) is 0 Å². The largest absolute Gasteiger partial charge is 0.396 e. The molecule has 0 saturated heterocycles. The third-order valence-electron chi connectivity index (χ3n) is 4.82. The number of carbonyl (C=O) groups is 1. The van der Waals surface area contributed by atoms with E-state index in [1.807, 2.05) is 6.07 Å². The Balaban J connectivity index is 1.60. The van der Waals surface area contributed by atoms with E-state index in [2.05, 4.69) is 15.5 Å². The van der Waals surface area contributed by atoms with Crippen molar-refractivity contribution in [2.45, 2.75) is 63.3 Å². The molecule has 1 heterocycles. The quantitative estimate of drug-likeness (QED) is 0.753. The predicted octanol–water partition coefficient (Wildman–Crippen LogP) is 2.35. The van der Waals surface area contributed by atoms with Crippen molar-refractivity contribution in [2.24, 2.45) is 5.92 Å². The highest BCUT2D eigenvalue weighted by atomic mass is 16.3. The molecule has 0 radical (unpaired) electrons. The molecule has 2 aliphatic rings. The van der Waals surface area contributed by atoms with Gasteiger partial charge in [0.15, 0.2) is 0 Å². The van der Waals surface area contributed by atoms with Gasteiger partial charge in [-0.2, -0.15) is 5.10 Å². The molecular formula is C16H25N3O2. The summed E-state index contributed by atoms with van der Waals surface area (Å²) in [5.41, 5.74) is 1.59. The van der Waals surface area contributed by atoms with Gasteiger partial charge in [-0.1, -0.05) is 19.3 Å². The smallest absolute Gasteiger partial charge is 0.272 e. The molecule has 5 heteroatoms. The maximum Gasteiger partial charge on any atom is 0.272 e. The van der Waals surface area contributed by atoms with Crippen LogP contribution in [0.25, 0.3) is 0 Å². The van der Waals surface area contributed by atoms with Crippen LogP contribution in [0.5, 0.6) is 0 Å². The Bertz CT molecular complexity index is 476. The molecule has 0 spiro atoms. The highest BCUT2D eigenvalue weighted by molar-refractivity contribution is 5.92. The maximum absolute atomic E-state index is 12.3. The first-order valence-electron chi connectivity index (χ1n) is 8.25. The second kappa shape index (κ2) is 6.60. The number of nitrogens with one attached hydrogen (secondary N) is 2. The zero-order valence-corrected chi connectivity index (χ0v) is 12.5. The number of hydrogen-bond donors (Lipinski definition) is 3. The molecular weight excluding hydrogens is 266 g/mol. The monoisotopic (exact) mass is 291 g/mol. The highest BCUT2D eigenvalue weighted by Crippen LogP contribution is 2.34. The fourth-order valence-corrected chi connectivity index (χ4v) is 3.38. The third kappa shape index (κ3) is 3.64. The van der Waals surface area contributed by atoms with Gasteiger partial charge < -0.3 is 10.4 Å². The molecule has 0 aromatic carbocycles. The molecule has 2 fully saturated rings. The minimum absolute atomic E-state index is 0.0948. The minimum atomic E-state index is -0.112. The summed E-state index contributed by atoms with van der Waals surface area (Å²) in [5, 5.41) is 19.4. The van der Waals surface area contributed by atoms with Crippen molar-refractivity contribution in [2.75, 3.05) is 6.61 Å².